The maximum atomic E-state index is 13.0. The van der Waals surface area contributed by atoms with E-state index in [1.165, 1.54) is 25.7 Å². The Labute approximate surface area is 416 Å². The van der Waals surface area contributed by atoms with Crippen LogP contribution >= 0.6 is 0 Å². The van der Waals surface area contributed by atoms with Gasteiger partial charge in [0, 0.05) is 29.2 Å². The quantitative estimate of drug-likeness (QED) is 0.0241. The molecule has 0 amide bonds. The summed E-state index contributed by atoms with van der Waals surface area (Å²) in [5.74, 6) is 17.9. The standard InChI is InChI=1S/C62H62O5Si.8H2/c1-11-14-16-18-20-22-36-64-50-33-35-55-56(42-50)58(48-26-24-46-40-52(30-28-44(46)38-48)66-60(63)62(7,8)13-3)54-34-32-51(65-37-23-21-19-17-15-12-2)43-57(54)59(55)49-27-25-47-41-53(31-29-45(47)39-49)67-68(9,10)61(4,5)6;;;;;;;;/h1,24-35,38-43H,12-13,15,17,19,21,23,37H2,2-10H3;8*1H. The van der Waals surface area contributed by atoms with Gasteiger partial charge >= 0.3 is 5.97 Å². The Morgan fingerprint density at radius 2 is 1.09 bits per heavy atom. The summed E-state index contributed by atoms with van der Waals surface area (Å²) in [5.41, 5.74) is 3.64. The molecule has 360 valence electrons. The van der Waals surface area contributed by atoms with E-state index in [1.807, 2.05) is 45.0 Å². The predicted molar refractivity (Wildman–Crippen MR) is 303 cm³/mol. The van der Waals surface area contributed by atoms with Crippen LogP contribution in [0.25, 0.3) is 65.3 Å². The van der Waals surface area contributed by atoms with Crippen LogP contribution in [-0.2, 0) is 4.79 Å². The predicted octanol–water partition coefficient (Wildman–Crippen LogP) is 18.0. The molecule has 6 heteroatoms. The van der Waals surface area contributed by atoms with Crippen molar-refractivity contribution in [2.45, 2.75) is 112 Å². The fourth-order valence-corrected chi connectivity index (χ4v) is 9.02. The highest BCUT2D eigenvalue weighted by Crippen LogP contribution is 2.47. The maximum absolute atomic E-state index is 13.0. The Kier molecular flexibility index (Phi) is 15.3. The average molecular weight is 931 g/mol. The number of hydrogen-bond acceptors (Lipinski definition) is 5. The second kappa shape index (κ2) is 21.2. The number of rotatable bonds is 16. The number of benzene rings is 7. The highest BCUT2D eigenvalue weighted by Gasteiger charge is 2.39. The van der Waals surface area contributed by atoms with Crippen molar-refractivity contribution in [3.63, 3.8) is 0 Å². The third-order valence-electron chi connectivity index (χ3n) is 13.4. The number of terminal acetylenes is 1. The van der Waals surface area contributed by atoms with Crippen LogP contribution in [0.2, 0.25) is 18.1 Å². The van der Waals surface area contributed by atoms with Crippen molar-refractivity contribution < 1.29 is 34.8 Å². The van der Waals surface area contributed by atoms with Crippen molar-refractivity contribution in [3.05, 3.63) is 109 Å². The first-order chi connectivity index (χ1) is 32.6. The molecule has 68 heavy (non-hydrogen) atoms. The van der Waals surface area contributed by atoms with E-state index >= 15 is 0 Å². The van der Waals surface area contributed by atoms with Crippen molar-refractivity contribution in [2.24, 2.45) is 5.41 Å². The largest absolute Gasteiger partial charge is 0.543 e. The van der Waals surface area contributed by atoms with Gasteiger partial charge in [0.25, 0.3) is 0 Å². The molecule has 0 aliphatic heterocycles. The average Bonchev–Trinajstić information content (AvgIpc) is 3.31. The lowest BCUT2D eigenvalue weighted by atomic mass is 9.85. The van der Waals surface area contributed by atoms with Gasteiger partial charge in [-0.1, -0.05) is 109 Å². The lowest BCUT2D eigenvalue weighted by Gasteiger charge is -2.36. The molecule has 7 rings (SSSR count). The number of unbranched alkanes of at least 4 members (excludes halogenated alkanes) is 5. The lowest BCUT2D eigenvalue weighted by molar-refractivity contribution is -0.144. The summed E-state index contributed by atoms with van der Waals surface area (Å²) >= 11 is 0. The molecule has 7 aromatic rings. The number of esters is 1. The molecule has 0 unspecified atom stereocenters. The number of hydrogen-bond donors (Lipinski definition) is 0. The molecule has 0 aliphatic carbocycles. The van der Waals surface area contributed by atoms with Crippen LogP contribution in [0.5, 0.6) is 23.0 Å². The molecular weight excluding hydrogens is 853 g/mol. The molecule has 0 saturated carbocycles. The van der Waals surface area contributed by atoms with Gasteiger partial charge in [0.15, 0.2) is 0 Å². The van der Waals surface area contributed by atoms with Crippen molar-refractivity contribution in [3.8, 4) is 93.3 Å². The van der Waals surface area contributed by atoms with Crippen LogP contribution in [0.4, 0.5) is 0 Å². The SMILES string of the molecule is C#CC#CC#CC#COc1ccc2c(-c3ccc4cc(O[Si](C)(C)C(C)(C)C)ccc4c3)c3cc(OCCCCCCCC)ccc3c(-c3ccc4cc(OC(=O)C(C)(C)CC)ccc4c3)c2c1.[HH].[HH].[HH].[HH].[HH].[HH].[HH].[HH]. The van der Waals surface area contributed by atoms with Gasteiger partial charge in [0.05, 0.1) is 12.0 Å². The summed E-state index contributed by atoms with van der Waals surface area (Å²) in [5, 5.41) is 8.46. The van der Waals surface area contributed by atoms with Gasteiger partial charge in [-0.25, -0.2) is 0 Å². The van der Waals surface area contributed by atoms with E-state index in [0.717, 1.165) is 89.7 Å². The zero-order chi connectivity index (χ0) is 48.5. The summed E-state index contributed by atoms with van der Waals surface area (Å²) in [6, 6.07) is 38.0. The van der Waals surface area contributed by atoms with E-state index in [9.17, 15) is 4.79 Å². The molecule has 0 fully saturated rings. The minimum atomic E-state index is -2.04. The molecule has 7 aromatic carbocycles. The maximum Gasteiger partial charge on any atom is 0.316 e. The molecule has 0 bridgehead atoms. The van der Waals surface area contributed by atoms with Crippen LogP contribution in [0, 0.1) is 53.5 Å². The van der Waals surface area contributed by atoms with Crippen LogP contribution in [0.3, 0.4) is 0 Å². The van der Waals surface area contributed by atoms with Crippen molar-refractivity contribution in [1.29, 1.82) is 0 Å². The Morgan fingerprint density at radius 3 is 1.71 bits per heavy atom. The first-order valence-corrected chi connectivity index (χ1v) is 26.8. The molecule has 0 aliphatic rings. The van der Waals surface area contributed by atoms with Gasteiger partial charge in [-0.05, 0) is 195 Å². The number of ether oxygens (including phenoxy) is 3. The fourth-order valence-electron chi connectivity index (χ4n) is 8.00. The molecule has 0 heterocycles. The molecule has 5 nitrogen and oxygen atoms in total. The van der Waals surface area contributed by atoms with Crippen molar-refractivity contribution in [1.82, 2.24) is 0 Å². The van der Waals surface area contributed by atoms with Gasteiger partial charge in [-0.15, -0.1) is 6.42 Å². The van der Waals surface area contributed by atoms with Gasteiger partial charge in [-0.3, -0.25) is 4.79 Å². The molecule has 0 radical (unpaired) electrons. The Morgan fingerprint density at radius 1 is 0.574 bits per heavy atom. The van der Waals surface area contributed by atoms with E-state index in [4.69, 9.17) is 25.1 Å². The monoisotopic (exact) mass is 931 g/mol. The van der Waals surface area contributed by atoms with E-state index in [-0.39, 0.29) is 22.4 Å². The number of fused-ring (bicyclic) bond motifs is 4. The van der Waals surface area contributed by atoms with E-state index < -0.39 is 13.7 Å². The molecule has 0 N–H and O–H groups in total. The molecule has 0 aromatic heterocycles. The highest BCUT2D eigenvalue weighted by molar-refractivity contribution is 6.74. The normalized spacial score (nSPS) is 11.5. The zero-order valence-corrected chi connectivity index (χ0v) is 42.2. The zero-order valence-electron chi connectivity index (χ0n) is 41.2. The third kappa shape index (κ3) is 11.4. The molecule has 0 saturated heterocycles. The topological polar surface area (TPSA) is 54.0 Å². The molecular formula is C62H78O5Si. The minimum Gasteiger partial charge on any atom is -0.543 e. The van der Waals surface area contributed by atoms with E-state index in [1.54, 1.807) is 0 Å². The highest BCUT2D eigenvalue weighted by atomic mass is 28.4. The molecule has 0 atom stereocenters. The summed E-state index contributed by atoms with van der Waals surface area (Å²) in [7, 11) is -2.04. The van der Waals surface area contributed by atoms with Gasteiger partial charge in [-0.2, -0.15) is 0 Å². The van der Waals surface area contributed by atoms with Crippen molar-refractivity contribution in [2.75, 3.05) is 6.61 Å². The first kappa shape index (κ1) is 48.8. The Balaban J connectivity index is 0. The molecule has 0 spiro atoms. The van der Waals surface area contributed by atoms with Crippen LogP contribution < -0.4 is 18.6 Å². The third-order valence-corrected chi connectivity index (χ3v) is 17.8. The first-order valence-electron chi connectivity index (χ1n) is 23.9. The van der Waals surface area contributed by atoms with Crippen molar-refractivity contribution >= 4 is 57.4 Å². The number of carbonyl (C=O) groups is 1. The summed E-state index contributed by atoms with van der Waals surface area (Å²) in [4.78, 5) is 13.0. The summed E-state index contributed by atoms with van der Waals surface area (Å²) in [6.45, 7) is 20.1. The van der Waals surface area contributed by atoms with Crippen LogP contribution in [-0.4, -0.2) is 20.9 Å². The minimum absolute atomic E-state index is 0. The van der Waals surface area contributed by atoms with E-state index in [2.05, 4.69) is 167 Å². The number of carbonyl (C=O) groups excluding carboxylic acids is 1. The van der Waals surface area contributed by atoms with Gasteiger partial charge in [0.1, 0.15) is 29.1 Å². The second-order valence-electron chi connectivity index (χ2n) is 19.7. The van der Waals surface area contributed by atoms with Crippen LogP contribution in [0.1, 0.15) is 105 Å². The smallest absolute Gasteiger partial charge is 0.316 e. The van der Waals surface area contributed by atoms with Gasteiger partial charge < -0.3 is 18.6 Å². The Hall–Kier alpha value is -7.09. The summed E-state index contributed by atoms with van der Waals surface area (Å²) in [6.07, 6.45) is 15.8. The van der Waals surface area contributed by atoms with E-state index in [0.29, 0.717) is 24.5 Å². The fraction of sp³-hybridized carbons (Fsp3) is 0.306. The second-order valence-corrected chi connectivity index (χ2v) is 24.4. The van der Waals surface area contributed by atoms with Gasteiger partial charge in [0.2, 0.25) is 8.32 Å². The lowest BCUT2D eigenvalue weighted by Crippen LogP contribution is -2.43. The Bertz CT molecular complexity index is 3290. The summed E-state index contributed by atoms with van der Waals surface area (Å²) < 4.78 is 25.2. The van der Waals surface area contributed by atoms with Crippen LogP contribution in [0.15, 0.2) is 109 Å².